The van der Waals surface area contributed by atoms with E-state index in [1.165, 1.54) is 17.0 Å². The fourth-order valence-electron chi connectivity index (χ4n) is 3.91. The van der Waals surface area contributed by atoms with Crippen molar-refractivity contribution in [2.24, 2.45) is 5.92 Å². The molecule has 1 saturated heterocycles. The Morgan fingerprint density at radius 3 is 2.81 bits per heavy atom. The third-order valence-corrected chi connectivity index (χ3v) is 6.64. The maximum atomic E-state index is 13.2. The third-order valence-electron chi connectivity index (χ3n) is 5.41. The minimum Gasteiger partial charge on any atom is -0.352 e. The van der Waals surface area contributed by atoms with Crippen molar-refractivity contribution in [3.63, 3.8) is 0 Å². The molecule has 2 heterocycles. The molecule has 1 aromatic carbocycles. The summed E-state index contributed by atoms with van der Waals surface area (Å²) in [6.07, 6.45) is 4.48. The molecule has 4 nitrogen and oxygen atoms in total. The third kappa shape index (κ3) is 4.05. The number of amides is 2. The molecule has 2 aromatic rings. The van der Waals surface area contributed by atoms with Crippen molar-refractivity contribution in [3.8, 4) is 0 Å². The fourth-order valence-corrected chi connectivity index (χ4v) is 5.09. The molecule has 0 radical (unpaired) electrons. The monoisotopic (exact) mass is 386 g/mol. The number of hydrogen-bond acceptors (Lipinski definition) is 3. The Kier molecular flexibility index (Phi) is 5.25. The van der Waals surface area contributed by atoms with E-state index in [1.807, 2.05) is 11.0 Å². The molecule has 2 amide bonds. The van der Waals surface area contributed by atoms with Gasteiger partial charge in [-0.1, -0.05) is 12.1 Å². The van der Waals surface area contributed by atoms with Crippen molar-refractivity contribution < 1.29 is 14.0 Å². The van der Waals surface area contributed by atoms with Gasteiger partial charge in [0.15, 0.2) is 0 Å². The molecule has 6 heteroatoms. The largest absolute Gasteiger partial charge is 0.352 e. The number of benzene rings is 1. The minimum absolute atomic E-state index is 0.00327. The normalized spacial score (nSPS) is 19.0. The molecule has 0 spiro atoms. The highest BCUT2D eigenvalue weighted by Crippen LogP contribution is 2.33. The minimum atomic E-state index is -0.294. The highest BCUT2D eigenvalue weighted by atomic mass is 32.1. The van der Waals surface area contributed by atoms with Gasteiger partial charge in [-0.05, 0) is 61.4 Å². The van der Waals surface area contributed by atoms with Crippen molar-refractivity contribution in [3.05, 3.63) is 57.0 Å². The Morgan fingerprint density at radius 1 is 1.22 bits per heavy atom. The van der Waals surface area contributed by atoms with Crippen LogP contribution in [0.4, 0.5) is 4.39 Å². The summed E-state index contributed by atoms with van der Waals surface area (Å²) >= 11 is 1.59. The molecule has 4 rings (SSSR count). The highest BCUT2D eigenvalue weighted by Gasteiger charge is 2.29. The number of carbonyl (C=O) groups excluding carboxylic acids is 2. The van der Waals surface area contributed by atoms with E-state index in [-0.39, 0.29) is 23.5 Å². The van der Waals surface area contributed by atoms with Crippen LogP contribution in [0.15, 0.2) is 30.3 Å². The van der Waals surface area contributed by atoms with Gasteiger partial charge in [0.05, 0.1) is 4.88 Å². The average molecular weight is 386 g/mol. The highest BCUT2D eigenvalue weighted by molar-refractivity contribution is 7.14. The summed E-state index contributed by atoms with van der Waals surface area (Å²) in [5.74, 6) is -0.240. The standard InChI is InChI=1S/C21H23FN2O2S/c22-17-5-3-4-14(10-17)13-23-20(25)15-6-7-18-16(11-15)12-19(27-18)21(26)24-8-1-2-9-24/h3-5,10,12,15H,1-2,6-9,11,13H2,(H,23,25)/t15-/m1/s1. The number of nitrogens with one attached hydrogen (secondary N) is 1. The first kappa shape index (κ1) is 18.2. The molecule has 1 N–H and O–H groups in total. The Morgan fingerprint density at radius 2 is 2.04 bits per heavy atom. The fraction of sp³-hybridized carbons (Fsp3) is 0.429. The number of fused-ring (bicyclic) bond motifs is 1. The van der Waals surface area contributed by atoms with E-state index in [2.05, 4.69) is 5.32 Å². The molecule has 1 aliphatic carbocycles. The molecule has 1 aromatic heterocycles. The van der Waals surface area contributed by atoms with Gasteiger partial charge in [-0.2, -0.15) is 0 Å². The van der Waals surface area contributed by atoms with Crippen molar-refractivity contribution in [1.82, 2.24) is 10.2 Å². The molecule has 1 fully saturated rings. The molecule has 0 bridgehead atoms. The lowest BCUT2D eigenvalue weighted by Crippen LogP contribution is -2.33. The average Bonchev–Trinajstić information content (AvgIpc) is 3.34. The number of hydrogen-bond donors (Lipinski definition) is 1. The maximum absolute atomic E-state index is 13.2. The number of likely N-dealkylation sites (tertiary alicyclic amines) is 1. The Balaban J connectivity index is 1.37. The van der Waals surface area contributed by atoms with E-state index in [0.717, 1.165) is 54.8 Å². The van der Waals surface area contributed by atoms with Gasteiger partial charge in [-0.15, -0.1) is 11.3 Å². The molecular weight excluding hydrogens is 363 g/mol. The SMILES string of the molecule is O=C(NCc1cccc(F)c1)[C@@H]1CCc2sc(C(=O)N3CCCC3)cc2C1. The quantitative estimate of drug-likeness (QED) is 0.874. The maximum Gasteiger partial charge on any atom is 0.263 e. The lowest BCUT2D eigenvalue weighted by Gasteiger charge is -2.21. The predicted molar refractivity (Wildman–Crippen MR) is 103 cm³/mol. The predicted octanol–water partition coefficient (Wildman–Crippen LogP) is 3.54. The molecule has 2 aliphatic rings. The molecule has 1 aliphatic heterocycles. The van der Waals surface area contributed by atoms with E-state index in [0.29, 0.717) is 13.0 Å². The molecule has 0 unspecified atom stereocenters. The van der Waals surface area contributed by atoms with Crippen LogP contribution in [0, 0.1) is 11.7 Å². The molecule has 27 heavy (non-hydrogen) atoms. The summed E-state index contributed by atoms with van der Waals surface area (Å²) in [6, 6.07) is 8.28. The van der Waals surface area contributed by atoms with Crippen LogP contribution in [0.5, 0.6) is 0 Å². The molecule has 1 atom stereocenters. The summed E-state index contributed by atoms with van der Waals surface area (Å²) in [4.78, 5) is 29.1. The van der Waals surface area contributed by atoms with E-state index < -0.39 is 0 Å². The second kappa shape index (κ2) is 7.80. The smallest absolute Gasteiger partial charge is 0.263 e. The van der Waals surface area contributed by atoms with Crippen molar-refractivity contribution in [2.75, 3.05) is 13.1 Å². The summed E-state index contributed by atoms with van der Waals surface area (Å²) in [5, 5.41) is 2.92. The lowest BCUT2D eigenvalue weighted by atomic mass is 9.87. The number of rotatable bonds is 4. The number of nitrogens with zero attached hydrogens (tertiary/aromatic N) is 1. The van der Waals surface area contributed by atoms with Crippen LogP contribution in [-0.2, 0) is 24.2 Å². The van der Waals surface area contributed by atoms with Gasteiger partial charge in [0.25, 0.3) is 5.91 Å². The van der Waals surface area contributed by atoms with Gasteiger partial charge in [-0.25, -0.2) is 4.39 Å². The van der Waals surface area contributed by atoms with Crippen LogP contribution >= 0.6 is 11.3 Å². The van der Waals surface area contributed by atoms with Crippen LogP contribution in [0.1, 0.15) is 44.9 Å². The molecule has 142 valence electrons. The van der Waals surface area contributed by atoms with Crippen LogP contribution in [0.2, 0.25) is 0 Å². The van der Waals surface area contributed by atoms with Crippen molar-refractivity contribution in [1.29, 1.82) is 0 Å². The zero-order valence-corrected chi connectivity index (χ0v) is 16.0. The van der Waals surface area contributed by atoms with Gasteiger partial charge in [0.2, 0.25) is 5.91 Å². The van der Waals surface area contributed by atoms with E-state index in [9.17, 15) is 14.0 Å². The van der Waals surface area contributed by atoms with Gasteiger partial charge in [0, 0.05) is 30.4 Å². The van der Waals surface area contributed by atoms with Gasteiger partial charge >= 0.3 is 0 Å². The van der Waals surface area contributed by atoms with Crippen molar-refractivity contribution in [2.45, 2.75) is 38.6 Å². The van der Waals surface area contributed by atoms with E-state index in [4.69, 9.17) is 0 Å². The zero-order chi connectivity index (χ0) is 18.8. The Labute approximate surface area is 162 Å². The van der Waals surface area contributed by atoms with Crippen LogP contribution < -0.4 is 5.32 Å². The first-order chi connectivity index (χ1) is 13.1. The van der Waals surface area contributed by atoms with Crippen molar-refractivity contribution >= 4 is 23.2 Å². The molecular formula is C21H23FN2O2S. The zero-order valence-electron chi connectivity index (χ0n) is 15.2. The summed E-state index contributed by atoms with van der Waals surface area (Å²) in [5.41, 5.74) is 1.90. The topological polar surface area (TPSA) is 49.4 Å². The second-order valence-electron chi connectivity index (χ2n) is 7.35. The van der Waals surface area contributed by atoms with Crippen LogP contribution in [0.25, 0.3) is 0 Å². The Hall–Kier alpha value is -2.21. The summed E-state index contributed by atoms with van der Waals surface area (Å²) in [7, 11) is 0. The first-order valence-corrected chi connectivity index (χ1v) is 10.3. The van der Waals surface area contributed by atoms with Gasteiger partial charge < -0.3 is 10.2 Å². The van der Waals surface area contributed by atoms with E-state index in [1.54, 1.807) is 23.5 Å². The van der Waals surface area contributed by atoms with Crippen LogP contribution in [-0.4, -0.2) is 29.8 Å². The van der Waals surface area contributed by atoms with Crippen LogP contribution in [0.3, 0.4) is 0 Å². The summed E-state index contributed by atoms with van der Waals surface area (Å²) in [6.45, 7) is 2.04. The summed E-state index contributed by atoms with van der Waals surface area (Å²) < 4.78 is 13.2. The molecule has 0 saturated carbocycles. The van der Waals surface area contributed by atoms with Gasteiger partial charge in [0.1, 0.15) is 5.82 Å². The number of aryl methyl sites for hydroxylation is 1. The van der Waals surface area contributed by atoms with E-state index >= 15 is 0 Å². The second-order valence-corrected chi connectivity index (χ2v) is 8.48. The number of halogens is 1. The number of carbonyl (C=O) groups is 2. The number of thiophene rings is 1. The Bertz CT molecular complexity index is 858. The first-order valence-electron chi connectivity index (χ1n) is 9.53. The lowest BCUT2D eigenvalue weighted by molar-refractivity contribution is -0.125. The van der Waals surface area contributed by atoms with Gasteiger partial charge in [-0.3, -0.25) is 9.59 Å².